The van der Waals surface area contributed by atoms with Gasteiger partial charge in [0.1, 0.15) is 33.5 Å². The summed E-state index contributed by atoms with van der Waals surface area (Å²) in [7, 11) is 0. The summed E-state index contributed by atoms with van der Waals surface area (Å²) in [5.41, 5.74) is 14.5. The highest BCUT2D eigenvalue weighted by molar-refractivity contribution is 6.17. The third kappa shape index (κ3) is 5.45. The topological polar surface area (TPSA) is 78.1 Å². The minimum absolute atomic E-state index is 0.552. The van der Waals surface area contributed by atoms with Crippen molar-refractivity contribution in [2.45, 2.75) is 25.7 Å². The maximum Gasteiger partial charge on any atom is 0.164 e. The third-order valence-electron chi connectivity index (χ3n) is 12.4. The van der Waals surface area contributed by atoms with E-state index in [2.05, 4.69) is 121 Å². The van der Waals surface area contributed by atoms with E-state index in [-0.39, 0.29) is 0 Å². The Morgan fingerprint density at radius 1 is 0.410 bits per heavy atom. The highest BCUT2D eigenvalue weighted by Gasteiger charge is 2.24. The normalized spacial score (nSPS) is 13.9. The molecule has 0 radical (unpaired) electrons. The number of hydrogen-bond donors (Lipinski definition) is 0. The standard InChI is InChI=1S/C55H35N3O3/c1-2-12-32(13-3-1)33-22-24-34(25-23-33)53-56-54(36-26-27-40-39-16-6-9-19-45(39)59-48(40)30-36)58-55(57-53)44-29-37(31-49-50(44)41-17-7-10-20-46(41)60-49)43-28-35-14-4-5-15-38(35)52-51(43)42-18-8-11-21-47(42)61-52/h2,4,6-14,16-31H,1,3,5,15H2. The van der Waals surface area contributed by atoms with Crippen molar-refractivity contribution in [2.24, 2.45) is 0 Å². The van der Waals surface area contributed by atoms with Gasteiger partial charge in [-0.2, -0.15) is 0 Å². The molecule has 6 heteroatoms. The molecule has 0 saturated heterocycles. The molecule has 13 rings (SSSR count). The number of fused-ring (bicyclic) bond motifs is 11. The SMILES string of the molecule is C1=CC(c2ccc(-c3nc(-c4ccc5c(c4)oc4ccccc45)nc(-c4cc(-c5cc6c(c7oc8ccccc8c57)CCC=C6)cc5oc6ccccc6c45)n3)cc2)=CCC1. The van der Waals surface area contributed by atoms with E-state index in [1.807, 2.05) is 42.5 Å². The fourth-order valence-electron chi connectivity index (χ4n) is 9.49. The number of aryl methyl sites for hydroxylation is 1. The van der Waals surface area contributed by atoms with Gasteiger partial charge >= 0.3 is 0 Å². The van der Waals surface area contributed by atoms with Crippen LogP contribution in [0.5, 0.6) is 0 Å². The Morgan fingerprint density at radius 2 is 1.03 bits per heavy atom. The van der Waals surface area contributed by atoms with Gasteiger partial charge in [0.25, 0.3) is 0 Å². The van der Waals surface area contributed by atoms with Crippen LogP contribution in [0, 0.1) is 0 Å². The molecule has 0 N–H and O–H groups in total. The molecule has 4 aromatic heterocycles. The summed E-state index contributed by atoms with van der Waals surface area (Å²) in [5, 5.41) is 6.26. The van der Waals surface area contributed by atoms with Crippen LogP contribution in [0.4, 0.5) is 0 Å². The maximum absolute atomic E-state index is 6.72. The van der Waals surface area contributed by atoms with Crippen LogP contribution in [-0.2, 0) is 6.42 Å². The number of furan rings is 3. The molecule has 2 aliphatic carbocycles. The molecule has 11 aromatic rings. The molecule has 0 amide bonds. The van der Waals surface area contributed by atoms with E-state index >= 15 is 0 Å². The molecule has 0 atom stereocenters. The van der Waals surface area contributed by atoms with E-state index in [0.29, 0.717) is 17.5 Å². The molecule has 0 saturated carbocycles. The quantitative estimate of drug-likeness (QED) is 0.173. The zero-order valence-corrected chi connectivity index (χ0v) is 33.0. The lowest BCUT2D eigenvalue weighted by atomic mass is 9.88. The fourth-order valence-corrected chi connectivity index (χ4v) is 9.49. The van der Waals surface area contributed by atoms with Crippen molar-refractivity contribution in [1.29, 1.82) is 0 Å². The molecule has 0 spiro atoms. The number of benzene rings is 7. The van der Waals surface area contributed by atoms with Crippen LogP contribution in [0.25, 0.3) is 123 Å². The van der Waals surface area contributed by atoms with E-state index in [1.54, 1.807) is 0 Å². The van der Waals surface area contributed by atoms with Crippen molar-refractivity contribution < 1.29 is 13.3 Å². The van der Waals surface area contributed by atoms with Gasteiger partial charge in [0.15, 0.2) is 17.5 Å². The van der Waals surface area contributed by atoms with Gasteiger partial charge in [0.05, 0.1) is 0 Å². The second-order valence-corrected chi connectivity index (χ2v) is 16.1. The Labute approximate surface area is 349 Å². The summed E-state index contributed by atoms with van der Waals surface area (Å²) in [6, 6.07) is 46.2. The maximum atomic E-state index is 6.72. The Kier molecular flexibility index (Phi) is 7.45. The van der Waals surface area contributed by atoms with Gasteiger partial charge in [0.2, 0.25) is 0 Å². The van der Waals surface area contributed by atoms with Gasteiger partial charge < -0.3 is 13.3 Å². The van der Waals surface area contributed by atoms with Gasteiger partial charge in [-0.1, -0.05) is 115 Å². The van der Waals surface area contributed by atoms with E-state index in [9.17, 15) is 0 Å². The molecule has 61 heavy (non-hydrogen) atoms. The molecular weight excluding hydrogens is 751 g/mol. The predicted octanol–water partition coefficient (Wildman–Crippen LogP) is 14.9. The first-order valence-electron chi connectivity index (χ1n) is 21.0. The van der Waals surface area contributed by atoms with Crippen LogP contribution in [0.3, 0.4) is 0 Å². The molecule has 4 heterocycles. The monoisotopic (exact) mass is 785 g/mol. The zero-order chi connectivity index (χ0) is 40.0. The number of aromatic nitrogens is 3. The summed E-state index contributed by atoms with van der Waals surface area (Å²) in [5.74, 6) is 1.69. The molecule has 7 aromatic carbocycles. The molecule has 2 aliphatic rings. The average molecular weight is 786 g/mol. The van der Waals surface area contributed by atoms with E-state index < -0.39 is 0 Å². The van der Waals surface area contributed by atoms with Crippen LogP contribution >= 0.6 is 0 Å². The number of rotatable bonds is 5. The molecule has 0 fully saturated rings. The lowest BCUT2D eigenvalue weighted by molar-refractivity contribution is 0.661. The van der Waals surface area contributed by atoms with Crippen molar-refractivity contribution in [2.75, 3.05) is 0 Å². The van der Waals surface area contributed by atoms with Gasteiger partial charge in [-0.3, -0.25) is 0 Å². The minimum Gasteiger partial charge on any atom is -0.456 e. The molecule has 0 unspecified atom stereocenters. The summed E-state index contributed by atoms with van der Waals surface area (Å²) in [6.45, 7) is 0. The molecule has 0 bridgehead atoms. The highest BCUT2D eigenvalue weighted by Crippen LogP contribution is 2.46. The van der Waals surface area contributed by atoms with Crippen LogP contribution in [0.15, 0.2) is 171 Å². The van der Waals surface area contributed by atoms with Crippen LogP contribution < -0.4 is 0 Å². The smallest absolute Gasteiger partial charge is 0.164 e. The Balaban J connectivity index is 1.08. The number of para-hydroxylation sites is 3. The molecule has 288 valence electrons. The minimum atomic E-state index is 0.552. The van der Waals surface area contributed by atoms with Crippen molar-refractivity contribution in [3.05, 3.63) is 174 Å². The van der Waals surface area contributed by atoms with Crippen LogP contribution in [0.1, 0.15) is 36.0 Å². The Morgan fingerprint density at radius 3 is 1.84 bits per heavy atom. The second-order valence-electron chi connectivity index (χ2n) is 16.1. The lowest BCUT2D eigenvalue weighted by Crippen LogP contribution is -2.01. The third-order valence-corrected chi connectivity index (χ3v) is 12.4. The highest BCUT2D eigenvalue weighted by atomic mass is 16.3. The first-order chi connectivity index (χ1) is 30.2. The van der Waals surface area contributed by atoms with Crippen molar-refractivity contribution in [3.8, 4) is 45.3 Å². The summed E-state index contributed by atoms with van der Waals surface area (Å²) in [4.78, 5) is 15.9. The number of allylic oxidation sites excluding steroid dienone is 5. The van der Waals surface area contributed by atoms with E-state index in [4.69, 9.17) is 28.2 Å². The zero-order valence-electron chi connectivity index (χ0n) is 33.0. The van der Waals surface area contributed by atoms with E-state index in [1.165, 1.54) is 22.3 Å². The average Bonchev–Trinajstić information content (AvgIpc) is 4.03. The van der Waals surface area contributed by atoms with Gasteiger partial charge in [0, 0.05) is 54.6 Å². The summed E-state index contributed by atoms with van der Waals surface area (Å²) in [6.07, 6.45) is 15.3. The van der Waals surface area contributed by atoms with Gasteiger partial charge in [-0.25, -0.2) is 15.0 Å². The van der Waals surface area contributed by atoms with Gasteiger partial charge in [-0.05, 0) is 102 Å². The first-order valence-corrected chi connectivity index (χ1v) is 21.0. The number of hydrogen-bond acceptors (Lipinski definition) is 6. The van der Waals surface area contributed by atoms with Crippen molar-refractivity contribution >= 4 is 77.5 Å². The van der Waals surface area contributed by atoms with Crippen LogP contribution in [0.2, 0.25) is 0 Å². The molecule has 6 nitrogen and oxygen atoms in total. The lowest BCUT2D eigenvalue weighted by Gasteiger charge is -2.15. The Bertz CT molecular complexity index is 3710. The molecular formula is C55H35N3O3. The van der Waals surface area contributed by atoms with E-state index in [0.717, 1.165) is 119 Å². The van der Waals surface area contributed by atoms with Crippen molar-refractivity contribution in [3.63, 3.8) is 0 Å². The first kappa shape index (κ1) is 34.1. The fraction of sp³-hybridized carbons (Fsp3) is 0.0727. The predicted molar refractivity (Wildman–Crippen MR) is 247 cm³/mol. The second kappa shape index (κ2) is 13.3. The Hall–Kier alpha value is -7.83. The van der Waals surface area contributed by atoms with Crippen molar-refractivity contribution in [1.82, 2.24) is 15.0 Å². The molecule has 0 aliphatic heterocycles. The summed E-state index contributed by atoms with van der Waals surface area (Å²) >= 11 is 0. The summed E-state index contributed by atoms with van der Waals surface area (Å²) < 4.78 is 19.8. The number of nitrogens with zero attached hydrogens (tertiary/aromatic N) is 3. The van der Waals surface area contributed by atoms with Crippen LogP contribution in [-0.4, -0.2) is 15.0 Å². The largest absolute Gasteiger partial charge is 0.456 e. The van der Waals surface area contributed by atoms with Gasteiger partial charge in [-0.15, -0.1) is 0 Å².